The van der Waals surface area contributed by atoms with Crippen LogP contribution < -0.4 is 0 Å². The van der Waals surface area contributed by atoms with Gasteiger partial charge in [0.05, 0.1) is 0 Å². The van der Waals surface area contributed by atoms with Gasteiger partial charge in [-0.2, -0.15) is 0 Å². The number of benzene rings is 1. The van der Waals surface area contributed by atoms with Crippen LogP contribution >= 0.6 is 0 Å². The number of phenols is 1. The predicted molar refractivity (Wildman–Crippen MR) is 37.2 cm³/mol. The Morgan fingerprint density at radius 1 is 1.50 bits per heavy atom. The Balaban J connectivity index is 2.68. The Morgan fingerprint density at radius 3 is 3.00 bits per heavy atom. The molecule has 0 bridgehead atoms. The molecule has 0 spiro atoms. The molecule has 4 heteroatoms. The third-order valence-corrected chi connectivity index (χ3v) is 1.73. The number of cyclic esters (lactones) is 1. The molecule has 0 aliphatic carbocycles. The highest BCUT2D eigenvalue weighted by molar-refractivity contribution is 5.96. The van der Waals surface area contributed by atoms with Crippen LogP contribution in [0.5, 0.6) is 5.75 Å². The highest BCUT2D eigenvalue weighted by Crippen LogP contribution is 2.29. The fourth-order valence-electron chi connectivity index (χ4n) is 1.21. The predicted octanol–water partition coefficient (Wildman–Crippen LogP) is 1.20. The first-order valence-corrected chi connectivity index (χ1v) is 3.37. The van der Waals surface area contributed by atoms with Crippen molar-refractivity contribution < 1.29 is 19.0 Å². The molecule has 12 heavy (non-hydrogen) atoms. The number of hydrogen-bond acceptors (Lipinski definition) is 3. The lowest BCUT2D eigenvalue weighted by Crippen LogP contribution is -1.94. The van der Waals surface area contributed by atoms with Gasteiger partial charge in [0.2, 0.25) is 0 Å². The van der Waals surface area contributed by atoms with Gasteiger partial charge in [0.1, 0.15) is 23.7 Å². The van der Waals surface area contributed by atoms with Gasteiger partial charge >= 0.3 is 5.97 Å². The Bertz CT molecular complexity index is 360. The molecule has 2 rings (SSSR count). The van der Waals surface area contributed by atoms with Gasteiger partial charge in [-0.05, 0) is 6.07 Å². The number of phenolic OH excluding ortho intramolecular Hbond substituents is 1. The molecule has 0 amide bonds. The first-order valence-electron chi connectivity index (χ1n) is 3.37. The van der Waals surface area contributed by atoms with Gasteiger partial charge in [-0.1, -0.05) is 0 Å². The lowest BCUT2D eigenvalue weighted by atomic mass is 10.1. The highest BCUT2D eigenvalue weighted by atomic mass is 19.1. The van der Waals surface area contributed by atoms with Gasteiger partial charge < -0.3 is 9.84 Å². The minimum atomic E-state index is -0.595. The minimum absolute atomic E-state index is 0.0412. The van der Waals surface area contributed by atoms with Crippen LogP contribution in [0.15, 0.2) is 12.1 Å². The second-order valence-electron chi connectivity index (χ2n) is 2.54. The monoisotopic (exact) mass is 168 g/mol. The number of hydrogen-bond donors (Lipinski definition) is 1. The van der Waals surface area contributed by atoms with E-state index >= 15 is 0 Å². The van der Waals surface area contributed by atoms with Gasteiger partial charge in [0, 0.05) is 11.6 Å². The Labute approximate surface area is 67.4 Å². The summed E-state index contributed by atoms with van der Waals surface area (Å²) in [6.07, 6.45) is 0. The molecule has 0 atom stereocenters. The Hall–Kier alpha value is -1.58. The molecule has 0 fully saturated rings. The van der Waals surface area contributed by atoms with Crippen LogP contribution in [0, 0.1) is 5.82 Å². The normalized spacial score (nSPS) is 14.2. The molecule has 3 nitrogen and oxygen atoms in total. The van der Waals surface area contributed by atoms with E-state index in [9.17, 15) is 9.18 Å². The Morgan fingerprint density at radius 2 is 2.25 bits per heavy atom. The van der Waals surface area contributed by atoms with Gasteiger partial charge in [-0.25, -0.2) is 9.18 Å². The molecule has 0 saturated heterocycles. The zero-order valence-electron chi connectivity index (χ0n) is 6.00. The van der Waals surface area contributed by atoms with Gasteiger partial charge in [0.15, 0.2) is 0 Å². The van der Waals surface area contributed by atoms with Crippen LogP contribution in [0.4, 0.5) is 4.39 Å². The molecular formula is C8H5FO3. The van der Waals surface area contributed by atoms with Gasteiger partial charge in [-0.15, -0.1) is 0 Å². The molecule has 62 valence electrons. The number of rotatable bonds is 0. The molecule has 1 aliphatic heterocycles. The lowest BCUT2D eigenvalue weighted by Gasteiger charge is -1.97. The van der Waals surface area contributed by atoms with E-state index in [0.717, 1.165) is 6.07 Å². The number of halogens is 1. The molecule has 0 radical (unpaired) electrons. The minimum Gasteiger partial charge on any atom is -0.507 e. The van der Waals surface area contributed by atoms with Crippen LogP contribution in [0.25, 0.3) is 0 Å². The van der Waals surface area contributed by atoms with Crippen molar-refractivity contribution in [3.05, 3.63) is 29.1 Å². The standard InChI is InChI=1S/C8H5FO3/c9-5-1-4-3-12-8(11)7(4)6(10)2-5/h1-2,10H,3H2. The molecule has 1 heterocycles. The van der Waals surface area contributed by atoms with E-state index in [1.165, 1.54) is 6.07 Å². The second-order valence-corrected chi connectivity index (χ2v) is 2.54. The van der Waals surface area contributed by atoms with E-state index < -0.39 is 11.8 Å². The average molecular weight is 168 g/mol. The summed E-state index contributed by atoms with van der Waals surface area (Å²) in [5.41, 5.74) is 0.480. The highest BCUT2D eigenvalue weighted by Gasteiger charge is 2.25. The fraction of sp³-hybridized carbons (Fsp3) is 0.125. The lowest BCUT2D eigenvalue weighted by molar-refractivity contribution is 0.0533. The maximum absolute atomic E-state index is 12.6. The van der Waals surface area contributed by atoms with Crippen molar-refractivity contribution in [2.45, 2.75) is 6.61 Å². The first kappa shape index (κ1) is 7.09. The SMILES string of the molecule is O=C1OCc2cc(F)cc(O)c21. The summed E-state index contributed by atoms with van der Waals surface area (Å²) >= 11 is 0. The molecule has 1 aromatic rings. The third kappa shape index (κ3) is 0.845. The third-order valence-electron chi connectivity index (χ3n) is 1.73. The van der Waals surface area contributed by atoms with E-state index in [1.54, 1.807) is 0 Å². The largest absolute Gasteiger partial charge is 0.507 e. The van der Waals surface area contributed by atoms with E-state index in [2.05, 4.69) is 4.74 Å². The van der Waals surface area contributed by atoms with Gasteiger partial charge in [-0.3, -0.25) is 0 Å². The quantitative estimate of drug-likeness (QED) is 0.592. The van der Waals surface area contributed by atoms with E-state index in [0.29, 0.717) is 5.56 Å². The zero-order valence-corrected chi connectivity index (χ0v) is 6.00. The summed E-state index contributed by atoms with van der Waals surface area (Å²) < 4.78 is 17.2. The van der Waals surface area contributed by atoms with Crippen LogP contribution in [0.3, 0.4) is 0 Å². The van der Waals surface area contributed by atoms with E-state index in [1.807, 2.05) is 0 Å². The van der Waals surface area contributed by atoms with E-state index in [-0.39, 0.29) is 17.9 Å². The van der Waals surface area contributed by atoms with Crippen LogP contribution in [-0.4, -0.2) is 11.1 Å². The summed E-state index contributed by atoms with van der Waals surface area (Å²) in [6.45, 7) is 0.0412. The summed E-state index contributed by atoms with van der Waals surface area (Å²) in [7, 11) is 0. The molecular weight excluding hydrogens is 163 g/mol. The van der Waals surface area contributed by atoms with Crippen molar-refractivity contribution in [1.82, 2.24) is 0 Å². The molecule has 1 aromatic carbocycles. The first-order chi connectivity index (χ1) is 5.68. The second kappa shape index (κ2) is 2.20. The van der Waals surface area contributed by atoms with Crippen molar-refractivity contribution in [3.63, 3.8) is 0 Å². The molecule has 1 N–H and O–H groups in total. The number of carbonyl (C=O) groups excluding carboxylic acids is 1. The van der Waals surface area contributed by atoms with Crippen LogP contribution in [-0.2, 0) is 11.3 Å². The van der Waals surface area contributed by atoms with Crippen molar-refractivity contribution in [2.24, 2.45) is 0 Å². The van der Waals surface area contributed by atoms with Crippen LogP contribution in [0.1, 0.15) is 15.9 Å². The average Bonchev–Trinajstić information content (AvgIpc) is 2.31. The van der Waals surface area contributed by atoms with Crippen molar-refractivity contribution in [3.8, 4) is 5.75 Å². The van der Waals surface area contributed by atoms with Crippen molar-refractivity contribution in [1.29, 1.82) is 0 Å². The fourth-order valence-corrected chi connectivity index (χ4v) is 1.21. The smallest absolute Gasteiger partial charge is 0.342 e. The maximum atomic E-state index is 12.6. The summed E-state index contributed by atoms with van der Waals surface area (Å²) in [4.78, 5) is 10.9. The summed E-state index contributed by atoms with van der Waals surface area (Å²) in [5.74, 6) is -1.51. The molecule has 0 unspecified atom stereocenters. The number of aromatic hydroxyl groups is 1. The molecule has 0 saturated carbocycles. The van der Waals surface area contributed by atoms with Crippen molar-refractivity contribution >= 4 is 5.97 Å². The molecule has 1 aliphatic rings. The topological polar surface area (TPSA) is 46.5 Å². The number of esters is 1. The zero-order chi connectivity index (χ0) is 8.72. The van der Waals surface area contributed by atoms with Crippen LogP contribution in [0.2, 0.25) is 0 Å². The Kier molecular flexibility index (Phi) is 1.30. The van der Waals surface area contributed by atoms with Gasteiger partial charge in [0.25, 0.3) is 0 Å². The molecule has 0 aromatic heterocycles. The number of ether oxygens (including phenoxy) is 1. The number of carbonyl (C=O) groups is 1. The van der Waals surface area contributed by atoms with Crippen molar-refractivity contribution in [2.75, 3.05) is 0 Å². The summed E-state index contributed by atoms with van der Waals surface area (Å²) in [5, 5.41) is 9.14. The maximum Gasteiger partial charge on any atom is 0.342 e. The summed E-state index contributed by atoms with van der Waals surface area (Å²) in [6, 6.07) is 2.07. The number of fused-ring (bicyclic) bond motifs is 1. The van der Waals surface area contributed by atoms with E-state index in [4.69, 9.17) is 5.11 Å².